The highest BCUT2D eigenvalue weighted by atomic mass is 79.9. The molecular weight excluding hydrogens is 458 g/mol. The van der Waals surface area contributed by atoms with Gasteiger partial charge in [-0.05, 0) is 66.6 Å². The van der Waals surface area contributed by atoms with E-state index < -0.39 is 0 Å². The van der Waals surface area contributed by atoms with Crippen molar-refractivity contribution in [3.63, 3.8) is 0 Å². The molecule has 0 bridgehead atoms. The Hall–Kier alpha value is -2.58. The molecule has 0 unspecified atom stereocenters. The van der Waals surface area contributed by atoms with E-state index in [4.69, 9.17) is 5.73 Å². The molecule has 8 heteroatoms. The van der Waals surface area contributed by atoms with Gasteiger partial charge in [0.05, 0.1) is 16.8 Å². The fourth-order valence-electron chi connectivity index (χ4n) is 3.73. The van der Waals surface area contributed by atoms with Crippen LogP contribution in [-0.2, 0) is 4.79 Å². The van der Waals surface area contributed by atoms with Crippen LogP contribution in [0.15, 0.2) is 16.6 Å². The van der Waals surface area contributed by atoms with Crippen LogP contribution < -0.4 is 16.4 Å². The summed E-state index contributed by atoms with van der Waals surface area (Å²) in [6.45, 7) is 11.3. The molecule has 1 aliphatic heterocycles. The summed E-state index contributed by atoms with van der Waals surface area (Å²) >= 11 is 3.39. The first-order chi connectivity index (χ1) is 14.3. The Balaban J connectivity index is 0.00000341. The van der Waals surface area contributed by atoms with Crippen molar-refractivity contribution in [3.05, 3.63) is 44.7 Å². The van der Waals surface area contributed by atoms with Crippen molar-refractivity contribution in [2.45, 2.75) is 35.1 Å². The number of nitrogens with zero attached hydrogens (tertiary/aromatic N) is 1. The minimum absolute atomic E-state index is 0. The standard InChI is InChI=1S/C22H28BrN5O2.CH4/c1-5-28(6-2)8-7-25-22(30)20-12(3)18(26-13(20)4)10-15-14-9-17(24)16(23)11-19(14)27-21(15)29;/h9-11,26H,5-8,24H2,1-4H3,(H,25,30)(H,27,29);1H4/b15-10-;. The fraction of sp³-hybridized carbons (Fsp3) is 0.391. The molecule has 5 N–H and O–H groups in total. The summed E-state index contributed by atoms with van der Waals surface area (Å²) in [6, 6.07) is 3.57. The van der Waals surface area contributed by atoms with Crippen LogP contribution in [-0.4, -0.2) is 47.9 Å². The van der Waals surface area contributed by atoms with Gasteiger partial charge in [-0.15, -0.1) is 0 Å². The van der Waals surface area contributed by atoms with E-state index in [1.807, 2.05) is 13.8 Å². The second-order valence-electron chi connectivity index (χ2n) is 7.38. The van der Waals surface area contributed by atoms with Gasteiger partial charge in [-0.3, -0.25) is 9.59 Å². The molecule has 1 aromatic heterocycles. The monoisotopic (exact) mass is 489 g/mol. The first-order valence-electron chi connectivity index (χ1n) is 10.1. The number of nitrogens with one attached hydrogen (secondary N) is 3. The van der Waals surface area contributed by atoms with E-state index in [0.29, 0.717) is 29.1 Å². The number of fused-ring (bicyclic) bond motifs is 1. The molecule has 2 amide bonds. The summed E-state index contributed by atoms with van der Waals surface area (Å²) in [5.74, 6) is -0.304. The minimum atomic E-state index is -0.195. The number of rotatable bonds is 7. The molecule has 1 aromatic carbocycles. The zero-order valence-electron chi connectivity index (χ0n) is 17.8. The molecule has 3 rings (SSSR count). The lowest BCUT2D eigenvalue weighted by atomic mass is 10.0. The Labute approximate surface area is 192 Å². The number of H-pyrrole nitrogens is 1. The Morgan fingerprint density at radius 1 is 1.26 bits per heavy atom. The molecule has 2 heterocycles. The second-order valence-corrected chi connectivity index (χ2v) is 8.23. The normalized spacial score (nSPS) is 13.9. The van der Waals surface area contributed by atoms with Crippen LogP contribution in [0.4, 0.5) is 11.4 Å². The third kappa shape index (κ3) is 5.02. The lowest BCUT2D eigenvalue weighted by Crippen LogP contribution is -2.35. The number of likely N-dealkylation sites (N-methyl/N-ethyl adjacent to an activating group) is 1. The van der Waals surface area contributed by atoms with Crippen LogP contribution in [0.2, 0.25) is 0 Å². The summed E-state index contributed by atoms with van der Waals surface area (Å²) in [4.78, 5) is 30.8. The van der Waals surface area contributed by atoms with Gasteiger partial charge in [0.25, 0.3) is 11.8 Å². The number of benzene rings is 1. The minimum Gasteiger partial charge on any atom is -0.398 e. The van der Waals surface area contributed by atoms with Crippen molar-refractivity contribution in [2.75, 3.05) is 37.2 Å². The van der Waals surface area contributed by atoms with E-state index in [0.717, 1.165) is 46.6 Å². The number of aromatic amines is 1. The Kier molecular flexibility index (Phi) is 8.08. The molecule has 0 fully saturated rings. The molecule has 31 heavy (non-hydrogen) atoms. The largest absolute Gasteiger partial charge is 0.398 e. The van der Waals surface area contributed by atoms with E-state index in [9.17, 15) is 9.59 Å². The summed E-state index contributed by atoms with van der Waals surface area (Å²) < 4.78 is 0.735. The highest BCUT2D eigenvalue weighted by molar-refractivity contribution is 9.10. The molecule has 0 radical (unpaired) electrons. The fourth-order valence-corrected chi connectivity index (χ4v) is 4.07. The number of carbonyl (C=O) groups excluding carboxylic acids is 2. The van der Waals surface area contributed by atoms with Gasteiger partial charge in [0.1, 0.15) is 0 Å². The molecule has 2 aromatic rings. The zero-order valence-corrected chi connectivity index (χ0v) is 19.4. The molecule has 168 valence electrons. The van der Waals surface area contributed by atoms with Gasteiger partial charge in [-0.2, -0.15) is 0 Å². The number of carbonyl (C=O) groups is 2. The van der Waals surface area contributed by atoms with Crippen LogP contribution in [0.25, 0.3) is 11.6 Å². The van der Waals surface area contributed by atoms with E-state index in [-0.39, 0.29) is 19.2 Å². The number of aromatic nitrogens is 1. The third-order valence-corrected chi connectivity index (χ3v) is 6.21. The van der Waals surface area contributed by atoms with Gasteiger partial charge in [0.2, 0.25) is 0 Å². The number of hydrogen-bond donors (Lipinski definition) is 4. The van der Waals surface area contributed by atoms with Crippen LogP contribution >= 0.6 is 15.9 Å². The first-order valence-corrected chi connectivity index (χ1v) is 10.9. The number of amides is 2. The first kappa shape index (κ1) is 24.7. The second kappa shape index (κ2) is 10.2. The van der Waals surface area contributed by atoms with Crippen molar-refractivity contribution in [3.8, 4) is 0 Å². The van der Waals surface area contributed by atoms with E-state index >= 15 is 0 Å². The maximum Gasteiger partial charge on any atom is 0.256 e. The number of nitrogens with two attached hydrogens (primary N) is 1. The van der Waals surface area contributed by atoms with Crippen molar-refractivity contribution < 1.29 is 9.59 Å². The maximum atomic E-state index is 12.8. The van der Waals surface area contributed by atoms with Gasteiger partial charge < -0.3 is 26.3 Å². The van der Waals surface area contributed by atoms with Crippen LogP contribution in [0.1, 0.15) is 54.1 Å². The summed E-state index contributed by atoms with van der Waals surface area (Å²) in [7, 11) is 0. The van der Waals surface area contributed by atoms with E-state index in [2.05, 4.69) is 50.3 Å². The van der Waals surface area contributed by atoms with Gasteiger partial charge in [0, 0.05) is 40.2 Å². The molecule has 0 aliphatic carbocycles. The maximum absolute atomic E-state index is 12.8. The Bertz CT molecular complexity index is 1020. The predicted octanol–water partition coefficient (Wildman–Crippen LogP) is 4.18. The van der Waals surface area contributed by atoms with Gasteiger partial charge >= 0.3 is 0 Å². The number of aryl methyl sites for hydroxylation is 1. The van der Waals surface area contributed by atoms with Crippen LogP contribution in [0, 0.1) is 13.8 Å². The predicted molar refractivity (Wildman–Crippen MR) is 132 cm³/mol. The summed E-state index contributed by atoms with van der Waals surface area (Å²) in [5.41, 5.74) is 11.5. The van der Waals surface area contributed by atoms with Crippen LogP contribution in [0.3, 0.4) is 0 Å². The molecule has 0 atom stereocenters. The number of hydrogen-bond acceptors (Lipinski definition) is 4. The van der Waals surface area contributed by atoms with Crippen LogP contribution in [0.5, 0.6) is 0 Å². The average Bonchev–Trinajstić information content (AvgIpc) is 3.15. The quantitative estimate of drug-likeness (QED) is 0.346. The van der Waals surface area contributed by atoms with Crippen molar-refractivity contribution >= 4 is 50.8 Å². The van der Waals surface area contributed by atoms with Gasteiger partial charge in [-0.25, -0.2) is 0 Å². The Morgan fingerprint density at radius 2 is 1.94 bits per heavy atom. The number of halogens is 1. The topological polar surface area (TPSA) is 103 Å². The SMILES string of the molecule is C.CCN(CC)CCNC(=O)c1c(C)[nH]c(/C=C2\C(=O)Nc3cc(Br)c(N)cc32)c1C. The lowest BCUT2D eigenvalue weighted by molar-refractivity contribution is -0.110. The average molecular weight is 490 g/mol. The molecular formula is C23H32BrN5O2. The molecule has 0 saturated carbocycles. The molecule has 0 spiro atoms. The van der Waals surface area contributed by atoms with Gasteiger partial charge in [0.15, 0.2) is 0 Å². The van der Waals surface area contributed by atoms with Crippen molar-refractivity contribution in [1.29, 1.82) is 0 Å². The molecule has 1 aliphatic rings. The summed E-state index contributed by atoms with van der Waals surface area (Å²) in [6.07, 6.45) is 1.78. The number of nitrogen functional groups attached to an aromatic ring is 1. The third-order valence-electron chi connectivity index (χ3n) is 5.52. The zero-order chi connectivity index (χ0) is 22.0. The highest BCUT2D eigenvalue weighted by Gasteiger charge is 2.26. The summed E-state index contributed by atoms with van der Waals surface area (Å²) in [5, 5.41) is 5.86. The van der Waals surface area contributed by atoms with E-state index in [1.165, 1.54) is 0 Å². The number of anilines is 2. The highest BCUT2D eigenvalue weighted by Crippen LogP contribution is 2.38. The Morgan fingerprint density at radius 3 is 2.58 bits per heavy atom. The molecule has 0 saturated heterocycles. The smallest absolute Gasteiger partial charge is 0.256 e. The lowest BCUT2D eigenvalue weighted by Gasteiger charge is -2.18. The van der Waals surface area contributed by atoms with Crippen molar-refractivity contribution in [2.24, 2.45) is 0 Å². The molecule has 7 nitrogen and oxygen atoms in total. The van der Waals surface area contributed by atoms with Crippen molar-refractivity contribution in [1.82, 2.24) is 15.2 Å². The van der Waals surface area contributed by atoms with Gasteiger partial charge in [-0.1, -0.05) is 21.3 Å². The van der Waals surface area contributed by atoms with E-state index in [1.54, 1.807) is 18.2 Å².